The lowest BCUT2D eigenvalue weighted by molar-refractivity contribution is -0.130. The lowest BCUT2D eigenvalue weighted by Crippen LogP contribution is -2.39. The summed E-state index contributed by atoms with van der Waals surface area (Å²) >= 11 is 3.56. The molecule has 3 nitrogen and oxygen atoms in total. The number of piperidine rings is 1. The second kappa shape index (κ2) is 6.62. The van der Waals surface area contributed by atoms with Gasteiger partial charge in [0.15, 0.2) is 0 Å². The molecule has 3 heterocycles. The SMILES string of the molecule is CC(=O)N(Cc1ccsc1)[C@H]1CC12CCN(Cc1cccs1)CC2. The summed E-state index contributed by atoms with van der Waals surface area (Å²) in [5.41, 5.74) is 1.67. The van der Waals surface area contributed by atoms with Crippen molar-refractivity contribution >= 4 is 28.6 Å². The molecule has 1 saturated heterocycles. The first-order valence-corrected chi connectivity index (χ1v) is 10.5. The van der Waals surface area contributed by atoms with Gasteiger partial charge < -0.3 is 4.90 Å². The number of carbonyl (C=O) groups excluding carboxylic acids is 1. The molecule has 0 radical (unpaired) electrons. The smallest absolute Gasteiger partial charge is 0.220 e. The maximum Gasteiger partial charge on any atom is 0.220 e. The molecule has 1 atom stereocenters. The lowest BCUT2D eigenvalue weighted by Gasteiger charge is -2.34. The number of likely N-dealkylation sites (tertiary alicyclic amines) is 1. The van der Waals surface area contributed by atoms with E-state index < -0.39 is 0 Å². The summed E-state index contributed by atoms with van der Waals surface area (Å²) in [6.07, 6.45) is 3.66. The van der Waals surface area contributed by atoms with Gasteiger partial charge in [0.05, 0.1) is 0 Å². The number of carbonyl (C=O) groups is 1. The first-order chi connectivity index (χ1) is 11.7. The van der Waals surface area contributed by atoms with Crippen LogP contribution in [0.4, 0.5) is 0 Å². The Kier molecular flexibility index (Phi) is 4.50. The minimum absolute atomic E-state index is 0.226. The van der Waals surface area contributed by atoms with Crippen molar-refractivity contribution in [2.75, 3.05) is 13.1 Å². The highest BCUT2D eigenvalue weighted by Crippen LogP contribution is 2.57. The molecule has 0 N–H and O–H groups in total. The summed E-state index contributed by atoms with van der Waals surface area (Å²) in [7, 11) is 0. The third kappa shape index (κ3) is 3.30. The highest BCUT2D eigenvalue weighted by Gasteiger charge is 2.58. The summed E-state index contributed by atoms with van der Waals surface area (Å²) in [6.45, 7) is 5.93. The highest BCUT2D eigenvalue weighted by atomic mass is 32.1. The van der Waals surface area contributed by atoms with Crippen LogP contribution in [0.2, 0.25) is 0 Å². The van der Waals surface area contributed by atoms with Gasteiger partial charge in [0.1, 0.15) is 0 Å². The molecule has 1 aliphatic heterocycles. The summed E-state index contributed by atoms with van der Waals surface area (Å²) in [5.74, 6) is 0.226. The van der Waals surface area contributed by atoms with E-state index in [-0.39, 0.29) is 5.91 Å². The molecule has 2 aromatic rings. The molecular formula is C19H24N2OS2. The molecule has 5 heteroatoms. The second-order valence-corrected chi connectivity index (χ2v) is 9.03. The quantitative estimate of drug-likeness (QED) is 0.797. The monoisotopic (exact) mass is 360 g/mol. The van der Waals surface area contributed by atoms with Gasteiger partial charge >= 0.3 is 0 Å². The maximum atomic E-state index is 12.2. The molecular weight excluding hydrogens is 336 g/mol. The Morgan fingerprint density at radius 2 is 2.17 bits per heavy atom. The molecule has 1 saturated carbocycles. The van der Waals surface area contributed by atoms with Crippen LogP contribution in [0.5, 0.6) is 0 Å². The standard InChI is InChI=1S/C19H24N2OS2/c1-15(22)21(12-16-4-10-23-14-16)18-11-19(18)5-7-20(8-6-19)13-17-3-2-9-24-17/h2-4,9-10,14,18H,5-8,11-13H2,1H3/t18-/m0/s1. The molecule has 0 aromatic carbocycles. The minimum atomic E-state index is 0.226. The zero-order valence-electron chi connectivity index (χ0n) is 14.1. The summed E-state index contributed by atoms with van der Waals surface area (Å²) in [5, 5.41) is 6.42. The van der Waals surface area contributed by atoms with Crippen molar-refractivity contribution in [2.45, 2.75) is 45.3 Å². The summed E-state index contributed by atoms with van der Waals surface area (Å²) < 4.78 is 0. The van der Waals surface area contributed by atoms with Gasteiger partial charge in [0.2, 0.25) is 5.91 Å². The van der Waals surface area contributed by atoms with Crippen molar-refractivity contribution in [1.82, 2.24) is 9.80 Å². The van der Waals surface area contributed by atoms with Gasteiger partial charge in [0, 0.05) is 30.9 Å². The van der Waals surface area contributed by atoms with E-state index >= 15 is 0 Å². The van der Waals surface area contributed by atoms with Crippen molar-refractivity contribution in [2.24, 2.45) is 5.41 Å². The van der Waals surface area contributed by atoms with Crippen molar-refractivity contribution < 1.29 is 4.79 Å². The fourth-order valence-corrected chi connectivity index (χ4v) is 5.51. The highest BCUT2D eigenvalue weighted by molar-refractivity contribution is 7.09. The van der Waals surface area contributed by atoms with E-state index in [4.69, 9.17) is 0 Å². The topological polar surface area (TPSA) is 23.6 Å². The molecule has 2 aliphatic rings. The third-order valence-corrected chi connectivity index (χ3v) is 7.26. The maximum absolute atomic E-state index is 12.2. The van der Waals surface area contributed by atoms with E-state index in [2.05, 4.69) is 44.1 Å². The number of thiophene rings is 2. The van der Waals surface area contributed by atoms with E-state index in [1.807, 2.05) is 11.3 Å². The van der Waals surface area contributed by atoms with E-state index in [1.165, 1.54) is 42.8 Å². The van der Waals surface area contributed by atoms with Crippen LogP contribution < -0.4 is 0 Å². The predicted molar refractivity (Wildman–Crippen MR) is 100 cm³/mol. The summed E-state index contributed by atoms with van der Waals surface area (Å²) in [4.78, 5) is 18.3. The Bertz CT molecular complexity index is 672. The Hall–Kier alpha value is -1.17. The molecule has 2 aromatic heterocycles. The van der Waals surface area contributed by atoms with E-state index in [0.29, 0.717) is 11.5 Å². The van der Waals surface area contributed by atoms with Crippen LogP contribution in [0.1, 0.15) is 36.6 Å². The van der Waals surface area contributed by atoms with Crippen LogP contribution in [0, 0.1) is 5.41 Å². The van der Waals surface area contributed by atoms with Gasteiger partial charge in [-0.3, -0.25) is 9.69 Å². The molecule has 4 rings (SSSR count). The number of rotatable bonds is 5. The van der Waals surface area contributed by atoms with E-state index in [9.17, 15) is 4.79 Å². The Morgan fingerprint density at radius 1 is 1.33 bits per heavy atom. The van der Waals surface area contributed by atoms with Crippen LogP contribution in [0.15, 0.2) is 34.3 Å². The van der Waals surface area contributed by atoms with Crippen LogP contribution >= 0.6 is 22.7 Å². The van der Waals surface area contributed by atoms with Gasteiger partial charge in [0.25, 0.3) is 0 Å². The van der Waals surface area contributed by atoms with Crippen molar-refractivity contribution in [3.05, 3.63) is 44.8 Å². The van der Waals surface area contributed by atoms with Crippen molar-refractivity contribution in [3.63, 3.8) is 0 Å². The van der Waals surface area contributed by atoms with Gasteiger partial charge in [-0.25, -0.2) is 0 Å². The molecule has 1 aliphatic carbocycles. The molecule has 0 unspecified atom stereocenters. The average Bonchev–Trinajstić information content (AvgIpc) is 3.00. The number of hydrogen-bond donors (Lipinski definition) is 0. The molecule has 2 fully saturated rings. The van der Waals surface area contributed by atoms with Gasteiger partial charge in [-0.2, -0.15) is 11.3 Å². The number of nitrogens with zero attached hydrogens (tertiary/aromatic N) is 2. The third-order valence-electron chi connectivity index (χ3n) is 5.67. The van der Waals surface area contributed by atoms with E-state index in [0.717, 1.165) is 13.1 Å². The molecule has 0 bridgehead atoms. The fourth-order valence-electron chi connectivity index (χ4n) is 4.10. The molecule has 24 heavy (non-hydrogen) atoms. The van der Waals surface area contributed by atoms with Crippen LogP contribution in [0.3, 0.4) is 0 Å². The lowest BCUT2D eigenvalue weighted by atomic mass is 9.92. The van der Waals surface area contributed by atoms with Gasteiger partial charge in [-0.05, 0) is 71.6 Å². The normalized spacial score (nSPS) is 22.6. The van der Waals surface area contributed by atoms with Crippen molar-refractivity contribution in [1.29, 1.82) is 0 Å². The number of hydrogen-bond acceptors (Lipinski definition) is 4. The fraction of sp³-hybridized carbons (Fsp3) is 0.526. The van der Waals surface area contributed by atoms with Crippen LogP contribution in [-0.2, 0) is 17.9 Å². The van der Waals surface area contributed by atoms with Gasteiger partial charge in [-0.15, -0.1) is 11.3 Å². The zero-order chi connectivity index (χ0) is 16.6. The van der Waals surface area contributed by atoms with Gasteiger partial charge in [-0.1, -0.05) is 6.07 Å². The Morgan fingerprint density at radius 3 is 2.79 bits per heavy atom. The predicted octanol–water partition coefficient (Wildman–Crippen LogP) is 4.21. The molecule has 128 valence electrons. The minimum Gasteiger partial charge on any atom is -0.335 e. The van der Waals surface area contributed by atoms with Crippen LogP contribution in [0.25, 0.3) is 0 Å². The second-order valence-electron chi connectivity index (χ2n) is 7.22. The first kappa shape index (κ1) is 16.3. The number of amides is 1. The zero-order valence-corrected chi connectivity index (χ0v) is 15.7. The van der Waals surface area contributed by atoms with E-state index in [1.54, 1.807) is 18.3 Å². The Balaban J connectivity index is 1.35. The Labute approximate surface area is 151 Å². The van der Waals surface area contributed by atoms with Crippen LogP contribution in [-0.4, -0.2) is 34.8 Å². The molecule has 1 amide bonds. The van der Waals surface area contributed by atoms with Crippen molar-refractivity contribution in [3.8, 4) is 0 Å². The largest absolute Gasteiger partial charge is 0.335 e. The first-order valence-electron chi connectivity index (χ1n) is 8.69. The summed E-state index contributed by atoms with van der Waals surface area (Å²) in [6, 6.07) is 6.96. The molecule has 1 spiro atoms. The average molecular weight is 361 g/mol.